The van der Waals surface area contributed by atoms with Gasteiger partial charge in [0.1, 0.15) is 12.1 Å². The zero-order valence-electron chi connectivity index (χ0n) is 16.7. The zero-order valence-corrected chi connectivity index (χ0v) is 16.7. The Morgan fingerprint density at radius 2 is 2.07 bits per heavy atom. The number of nitrogens with zero attached hydrogens (tertiary/aromatic N) is 1. The molecule has 0 saturated carbocycles. The topological polar surface area (TPSA) is 75.7 Å². The van der Waals surface area contributed by atoms with E-state index in [2.05, 4.69) is 11.2 Å². The number of hydrogen-bond acceptors (Lipinski definition) is 4. The molecule has 2 amide bonds. The molecular weight excluding hydrogens is 356 g/mol. The van der Waals surface area contributed by atoms with Gasteiger partial charge in [0, 0.05) is 18.5 Å². The van der Waals surface area contributed by atoms with E-state index in [0.29, 0.717) is 25.8 Å². The summed E-state index contributed by atoms with van der Waals surface area (Å²) < 4.78 is 4.86. The summed E-state index contributed by atoms with van der Waals surface area (Å²) >= 11 is 0. The van der Waals surface area contributed by atoms with Crippen molar-refractivity contribution in [2.45, 2.75) is 51.6 Å². The molecular formula is C22H28N2O4. The number of nitrogens with one attached hydrogen (secondary N) is 1. The van der Waals surface area contributed by atoms with Crippen LogP contribution in [-0.2, 0) is 25.5 Å². The minimum Gasteiger partial charge on any atom is -0.467 e. The van der Waals surface area contributed by atoms with Gasteiger partial charge in [-0.15, -0.1) is 6.42 Å². The van der Waals surface area contributed by atoms with Crippen LogP contribution in [0.15, 0.2) is 24.3 Å². The number of ether oxygens (including phenoxy) is 1. The summed E-state index contributed by atoms with van der Waals surface area (Å²) in [6.45, 7) is 4.41. The number of carbonyl (C=O) groups excluding carboxylic acids is 3. The molecule has 0 aliphatic carbocycles. The van der Waals surface area contributed by atoms with E-state index in [0.717, 1.165) is 11.1 Å². The fourth-order valence-electron chi connectivity index (χ4n) is 3.47. The summed E-state index contributed by atoms with van der Waals surface area (Å²) in [5.41, 5.74) is 1.70. The second-order valence-corrected chi connectivity index (χ2v) is 7.41. The number of esters is 1. The van der Waals surface area contributed by atoms with Gasteiger partial charge in [0.15, 0.2) is 0 Å². The van der Waals surface area contributed by atoms with Crippen LogP contribution in [0.4, 0.5) is 0 Å². The highest BCUT2D eigenvalue weighted by Gasteiger charge is 2.40. The molecule has 1 N–H and O–H groups in total. The maximum atomic E-state index is 12.7. The summed E-state index contributed by atoms with van der Waals surface area (Å²) in [6, 6.07) is 6.27. The Hall–Kier alpha value is -2.81. The lowest BCUT2D eigenvalue weighted by Crippen LogP contribution is -2.48. The molecule has 1 aliphatic rings. The van der Waals surface area contributed by atoms with E-state index >= 15 is 0 Å². The summed E-state index contributed by atoms with van der Waals surface area (Å²) in [5, 5.41) is 2.80. The van der Waals surface area contributed by atoms with Crippen molar-refractivity contribution in [3.8, 4) is 12.3 Å². The van der Waals surface area contributed by atoms with Gasteiger partial charge < -0.3 is 15.0 Å². The molecule has 6 nitrogen and oxygen atoms in total. The van der Waals surface area contributed by atoms with Crippen molar-refractivity contribution in [1.82, 2.24) is 10.2 Å². The van der Waals surface area contributed by atoms with Gasteiger partial charge in [-0.1, -0.05) is 38.0 Å². The minimum absolute atomic E-state index is 0.203. The molecule has 2 rings (SSSR count). The quantitative estimate of drug-likeness (QED) is 0.549. The smallest absolute Gasteiger partial charge is 0.328 e. The van der Waals surface area contributed by atoms with Crippen LogP contribution in [0.3, 0.4) is 0 Å². The number of hydrogen-bond donors (Lipinski definition) is 1. The van der Waals surface area contributed by atoms with Gasteiger partial charge in [0.05, 0.1) is 7.11 Å². The number of methoxy groups -OCH3 is 1. The normalized spacial score (nSPS) is 17.3. The van der Waals surface area contributed by atoms with Gasteiger partial charge in [0.2, 0.25) is 11.8 Å². The Labute approximate surface area is 166 Å². The number of likely N-dealkylation sites (tertiary alicyclic amines) is 1. The van der Waals surface area contributed by atoms with Crippen LogP contribution in [0.1, 0.15) is 44.2 Å². The minimum atomic E-state index is -0.609. The summed E-state index contributed by atoms with van der Waals surface area (Å²) in [5.74, 6) is 2.00. The third-order valence-electron chi connectivity index (χ3n) is 4.91. The maximum absolute atomic E-state index is 12.7. The van der Waals surface area contributed by atoms with Crippen LogP contribution in [0, 0.1) is 18.3 Å². The van der Waals surface area contributed by atoms with Crippen molar-refractivity contribution in [3.05, 3.63) is 35.4 Å². The third kappa shape index (κ3) is 5.35. The fourth-order valence-corrected chi connectivity index (χ4v) is 3.47. The number of rotatable bonds is 8. The number of terminal acetylenes is 1. The van der Waals surface area contributed by atoms with E-state index in [-0.39, 0.29) is 24.2 Å². The molecule has 1 fully saturated rings. The molecule has 28 heavy (non-hydrogen) atoms. The van der Waals surface area contributed by atoms with Crippen molar-refractivity contribution >= 4 is 17.8 Å². The van der Waals surface area contributed by atoms with Crippen LogP contribution >= 0.6 is 0 Å². The molecule has 0 radical (unpaired) electrons. The number of benzene rings is 1. The Morgan fingerprint density at radius 3 is 2.71 bits per heavy atom. The first kappa shape index (κ1) is 21.5. The molecule has 1 aliphatic heterocycles. The fraction of sp³-hybridized carbons (Fsp3) is 0.500. The van der Waals surface area contributed by atoms with E-state index < -0.39 is 18.1 Å². The first-order valence-electron chi connectivity index (χ1n) is 9.59. The summed E-state index contributed by atoms with van der Waals surface area (Å²) in [7, 11) is 1.32. The molecule has 150 valence electrons. The second kappa shape index (κ2) is 9.93. The third-order valence-corrected chi connectivity index (χ3v) is 4.91. The largest absolute Gasteiger partial charge is 0.467 e. The van der Waals surface area contributed by atoms with E-state index in [1.54, 1.807) is 0 Å². The lowest BCUT2D eigenvalue weighted by atomic mass is 10.0. The van der Waals surface area contributed by atoms with Gasteiger partial charge >= 0.3 is 5.97 Å². The lowest BCUT2D eigenvalue weighted by Gasteiger charge is -2.27. The molecule has 1 aromatic carbocycles. The first-order valence-corrected chi connectivity index (χ1v) is 9.59. The van der Waals surface area contributed by atoms with E-state index in [1.165, 1.54) is 12.0 Å². The first-order chi connectivity index (χ1) is 13.4. The number of amides is 2. The van der Waals surface area contributed by atoms with Crippen molar-refractivity contribution in [2.24, 2.45) is 5.92 Å². The van der Waals surface area contributed by atoms with Crippen LogP contribution < -0.4 is 5.32 Å². The SMILES string of the molecule is C#Cc1ccccc1CCC(=O)N[C@@H]1CCN([C@@H](CC(C)C)C(=O)OC)C1=O. The van der Waals surface area contributed by atoms with Crippen LogP contribution in [0.5, 0.6) is 0 Å². The van der Waals surface area contributed by atoms with Crippen LogP contribution in [-0.4, -0.2) is 48.4 Å². The molecule has 1 heterocycles. The van der Waals surface area contributed by atoms with Crippen LogP contribution in [0.2, 0.25) is 0 Å². The Bertz CT molecular complexity index is 766. The van der Waals surface area contributed by atoms with E-state index in [9.17, 15) is 14.4 Å². The van der Waals surface area contributed by atoms with Crippen molar-refractivity contribution in [1.29, 1.82) is 0 Å². The highest BCUT2D eigenvalue weighted by atomic mass is 16.5. The summed E-state index contributed by atoms with van der Waals surface area (Å²) in [4.78, 5) is 38.7. The van der Waals surface area contributed by atoms with Gasteiger partial charge in [-0.2, -0.15) is 0 Å². The Kier molecular flexibility index (Phi) is 7.62. The zero-order chi connectivity index (χ0) is 20.7. The molecule has 0 aromatic heterocycles. The maximum Gasteiger partial charge on any atom is 0.328 e. The van der Waals surface area contributed by atoms with Gasteiger partial charge in [-0.3, -0.25) is 9.59 Å². The van der Waals surface area contributed by atoms with Gasteiger partial charge in [-0.05, 0) is 36.8 Å². The molecule has 0 unspecified atom stereocenters. The average Bonchev–Trinajstić information content (AvgIpc) is 3.04. The highest BCUT2D eigenvalue weighted by molar-refractivity contribution is 5.92. The molecule has 0 spiro atoms. The standard InChI is InChI=1S/C22H28N2O4/c1-5-16-8-6-7-9-17(16)10-11-20(25)23-18-12-13-24(21(18)26)19(14-15(2)3)22(27)28-4/h1,6-9,15,18-19H,10-14H2,2-4H3,(H,23,25)/t18-,19+/m1/s1. The lowest BCUT2D eigenvalue weighted by molar-refractivity contribution is -0.152. The van der Waals surface area contributed by atoms with Crippen molar-refractivity contribution in [2.75, 3.05) is 13.7 Å². The van der Waals surface area contributed by atoms with E-state index in [1.807, 2.05) is 38.1 Å². The Balaban J connectivity index is 1.94. The van der Waals surface area contributed by atoms with E-state index in [4.69, 9.17) is 11.2 Å². The predicted molar refractivity (Wildman–Crippen MR) is 106 cm³/mol. The average molecular weight is 384 g/mol. The molecule has 1 aromatic rings. The van der Waals surface area contributed by atoms with Gasteiger partial charge in [-0.25, -0.2) is 4.79 Å². The molecule has 2 atom stereocenters. The second-order valence-electron chi connectivity index (χ2n) is 7.41. The van der Waals surface area contributed by atoms with Crippen molar-refractivity contribution in [3.63, 3.8) is 0 Å². The van der Waals surface area contributed by atoms with Crippen molar-refractivity contribution < 1.29 is 19.1 Å². The molecule has 1 saturated heterocycles. The number of aryl methyl sites for hydroxylation is 1. The Morgan fingerprint density at radius 1 is 1.36 bits per heavy atom. The predicted octanol–water partition coefficient (Wildman–Crippen LogP) is 1.91. The highest BCUT2D eigenvalue weighted by Crippen LogP contribution is 2.21. The molecule has 6 heteroatoms. The number of carbonyl (C=O) groups is 3. The van der Waals surface area contributed by atoms with Gasteiger partial charge in [0.25, 0.3) is 0 Å². The van der Waals surface area contributed by atoms with Crippen LogP contribution in [0.25, 0.3) is 0 Å². The monoisotopic (exact) mass is 384 g/mol. The molecule has 0 bridgehead atoms. The summed E-state index contributed by atoms with van der Waals surface area (Å²) in [6.07, 6.45) is 7.25.